The average molecular weight is 288 g/mol. The molecule has 0 spiro atoms. The number of anilines is 1. The van der Waals surface area contributed by atoms with Gasteiger partial charge in [0.25, 0.3) is 0 Å². The van der Waals surface area contributed by atoms with Crippen LogP contribution in [0.4, 0.5) is 5.69 Å². The summed E-state index contributed by atoms with van der Waals surface area (Å²) in [6.07, 6.45) is 4.09. The molecular formula is C17H24N2O2. The van der Waals surface area contributed by atoms with Gasteiger partial charge in [0.15, 0.2) is 0 Å². The van der Waals surface area contributed by atoms with Gasteiger partial charge >= 0.3 is 0 Å². The van der Waals surface area contributed by atoms with Gasteiger partial charge in [-0.05, 0) is 62.9 Å². The maximum atomic E-state index is 13.0. The van der Waals surface area contributed by atoms with Crippen LogP contribution in [0.2, 0.25) is 0 Å². The Bertz CT molecular complexity index is 536. The van der Waals surface area contributed by atoms with Crippen molar-refractivity contribution >= 4 is 11.6 Å². The number of aryl methyl sites for hydroxylation is 1. The number of carbonyl (C=O) groups is 1. The molecule has 3 rings (SSSR count). The first-order chi connectivity index (χ1) is 10.1. The fraction of sp³-hybridized carbons (Fsp3) is 0.588. The number of hydrogen-bond donors (Lipinski definition) is 1. The number of hydrogen-bond acceptors (Lipinski definition) is 3. The van der Waals surface area contributed by atoms with Crippen LogP contribution in [0.1, 0.15) is 31.7 Å². The molecule has 1 saturated heterocycles. The van der Waals surface area contributed by atoms with Crippen LogP contribution in [0.5, 0.6) is 5.75 Å². The van der Waals surface area contributed by atoms with E-state index in [1.807, 2.05) is 17.0 Å². The van der Waals surface area contributed by atoms with E-state index in [4.69, 9.17) is 4.74 Å². The number of fused-ring (bicyclic) bond motifs is 1. The third-order valence-corrected chi connectivity index (χ3v) is 4.76. The molecule has 0 aromatic heterocycles. The molecule has 2 heterocycles. The van der Waals surface area contributed by atoms with Crippen LogP contribution in [-0.2, 0) is 11.2 Å². The lowest BCUT2D eigenvalue weighted by atomic mass is 9.80. The molecular weight excluding hydrogens is 264 g/mol. The predicted octanol–water partition coefficient (Wildman–Crippen LogP) is 2.36. The zero-order chi connectivity index (χ0) is 14.9. The fourth-order valence-electron chi connectivity index (χ4n) is 3.48. The highest BCUT2D eigenvalue weighted by Gasteiger charge is 2.39. The molecule has 4 nitrogen and oxygen atoms in total. The van der Waals surface area contributed by atoms with Crippen LogP contribution in [0, 0.1) is 5.41 Å². The van der Waals surface area contributed by atoms with E-state index in [9.17, 15) is 4.79 Å². The van der Waals surface area contributed by atoms with Gasteiger partial charge in [-0.15, -0.1) is 0 Å². The predicted molar refractivity (Wildman–Crippen MR) is 83.9 cm³/mol. The van der Waals surface area contributed by atoms with Crippen molar-refractivity contribution in [2.45, 2.75) is 32.6 Å². The molecule has 1 atom stereocenters. The summed E-state index contributed by atoms with van der Waals surface area (Å²) in [6.45, 7) is 4.73. The highest BCUT2D eigenvalue weighted by molar-refractivity contribution is 5.98. The Kier molecular flexibility index (Phi) is 3.89. The second-order valence-electron chi connectivity index (χ2n) is 6.40. The molecule has 0 saturated carbocycles. The summed E-state index contributed by atoms with van der Waals surface area (Å²) in [4.78, 5) is 15.0. The quantitative estimate of drug-likeness (QED) is 0.908. The molecule has 1 aromatic carbocycles. The molecule has 4 heteroatoms. The van der Waals surface area contributed by atoms with Crippen LogP contribution in [0.15, 0.2) is 18.2 Å². The van der Waals surface area contributed by atoms with Gasteiger partial charge in [-0.3, -0.25) is 4.79 Å². The maximum absolute atomic E-state index is 13.0. The minimum absolute atomic E-state index is 0.265. The molecule has 2 aliphatic heterocycles. The Hall–Kier alpha value is -1.55. The van der Waals surface area contributed by atoms with Crippen LogP contribution < -0.4 is 15.0 Å². The lowest BCUT2D eigenvalue weighted by Gasteiger charge is -2.39. The van der Waals surface area contributed by atoms with Gasteiger partial charge < -0.3 is 15.0 Å². The molecule has 0 aliphatic carbocycles. The Morgan fingerprint density at radius 1 is 1.38 bits per heavy atom. The van der Waals surface area contributed by atoms with Gasteiger partial charge in [-0.2, -0.15) is 0 Å². The largest absolute Gasteiger partial charge is 0.497 e. The smallest absolute Gasteiger partial charge is 0.234 e. The van der Waals surface area contributed by atoms with E-state index in [-0.39, 0.29) is 11.3 Å². The van der Waals surface area contributed by atoms with Crippen molar-refractivity contribution in [1.29, 1.82) is 0 Å². The van der Waals surface area contributed by atoms with E-state index in [0.29, 0.717) is 0 Å². The number of carbonyl (C=O) groups excluding carboxylic acids is 1. The second kappa shape index (κ2) is 5.68. The third-order valence-electron chi connectivity index (χ3n) is 4.76. The summed E-state index contributed by atoms with van der Waals surface area (Å²) >= 11 is 0. The van der Waals surface area contributed by atoms with E-state index in [2.05, 4.69) is 18.3 Å². The number of nitrogens with zero attached hydrogens (tertiary/aromatic N) is 1. The minimum Gasteiger partial charge on any atom is -0.497 e. The number of nitrogens with one attached hydrogen (secondary N) is 1. The topological polar surface area (TPSA) is 41.6 Å². The Labute approximate surface area is 126 Å². The summed E-state index contributed by atoms with van der Waals surface area (Å²) in [5, 5.41) is 3.37. The Morgan fingerprint density at radius 3 is 2.95 bits per heavy atom. The van der Waals surface area contributed by atoms with E-state index in [1.165, 1.54) is 5.56 Å². The van der Waals surface area contributed by atoms with E-state index < -0.39 is 0 Å². The van der Waals surface area contributed by atoms with Gasteiger partial charge in [0.05, 0.1) is 12.5 Å². The number of benzene rings is 1. The molecule has 1 unspecified atom stereocenters. The lowest BCUT2D eigenvalue weighted by Crippen LogP contribution is -2.51. The first kappa shape index (κ1) is 14.4. The van der Waals surface area contributed by atoms with Gasteiger partial charge in [-0.25, -0.2) is 0 Å². The zero-order valence-corrected chi connectivity index (χ0v) is 12.9. The maximum Gasteiger partial charge on any atom is 0.234 e. The number of rotatable bonds is 2. The van der Waals surface area contributed by atoms with Gasteiger partial charge in [0.1, 0.15) is 5.75 Å². The molecule has 21 heavy (non-hydrogen) atoms. The summed E-state index contributed by atoms with van der Waals surface area (Å²) in [6, 6.07) is 6.05. The number of methoxy groups -OCH3 is 1. The molecule has 2 aliphatic rings. The minimum atomic E-state index is -0.271. The molecule has 0 bridgehead atoms. The second-order valence-corrected chi connectivity index (χ2v) is 6.40. The molecule has 0 radical (unpaired) electrons. The zero-order valence-electron chi connectivity index (χ0n) is 12.9. The highest BCUT2D eigenvalue weighted by atomic mass is 16.5. The summed E-state index contributed by atoms with van der Waals surface area (Å²) in [5.74, 6) is 1.13. The van der Waals surface area contributed by atoms with Gasteiger partial charge in [0.2, 0.25) is 5.91 Å². The van der Waals surface area contributed by atoms with Crippen molar-refractivity contribution in [2.75, 3.05) is 31.6 Å². The van der Waals surface area contributed by atoms with Gasteiger partial charge in [-0.1, -0.05) is 0 Å². The summed E-state index contributed by atoms with van der Waals surface area (Å²) in [7, 11) is 1.68. The van der Waals surface area contributed by atoms with Crippen molar-refractivity contribution in [3.63, 3.8) is 0 Å². The first-order valence-electron chi connectivity index (χ1n) is 7.84. The van der Waals surface area contributed by atoms with Crippen LogP contribution in [0.25, 0.3) is 0 Å². The number of ether oxygens (including phenoxy) is 1. The van der Waals surface area contributed by atoms with Crippen LogP contribution in [0.3, 0.4) is 0 Å². The van der Waals surface area contributed by atoms with Crippen LogP contribution in [-0.4, -0.2) is 32.7 Å². The average Bonchev–Trinajstić information content (AvgIpc) is 2.53. The van der Waals surface area contributed by atoms with Crippen molar-refractivity contribution < 1.29 is 9.53 Å². The van der Waals surface area contributed by atoms with Crippen molar-refractivity contribution in [3.05, 3.63) is 23.8 Å². The Balaban J connectivity index is 1.89. The number of piperidine rings is 1. The van der Waals surface area contributed by atoms with Crippen molar-refractivity contribution in [1.82, 2.24) is 5.32 Å². The molecule has 1 aromatic rings. The molecule has 1 N–H and O–H groups in total. The van der Waals surface area contributed by atoms with Gasteiger partial charge in [0, 0.05) is 18.8 Å². The van der Waals surface area contributed by atoms with E-state index in [0.717, 1.165) is 56.8 Å². The third kappa shape index (κ3) is 2.64. The Morgan fingerprint density at radius 2 is 2.24 bits per heavy atom. The lowest BCUT2D eigenvalue weighted by molar-refractivity contribution is -0.128. The van der Waals surface area contributed by atoms with Crippen molar-refractivity contribution in [2.24, 2.45) is 5.41 Å². The van der Waals surface area contributed by atoms with E-state index >= 15 is 0 Å². The molecule has 114 valence electrons. The van der Waals surface area contributed by atoms with Crippen molar-refractivity contribution in [3.8, 4) is 5.75 Å². The standard InChI is InChI=1S/C17H24N2O2/c1-17(8-4-9-18-12-17)16(20)19-10-3-5-13-11-14(21-2)6-7-15(13)19/h6-7,11,18H,3-5,8-10,12H2,1-2H3. The fourth-order valence-corrected chi connectivity index (χ4v) is 3.48. The highest BCUT2D eigenvalue weighted by Crippen LogP contribution is 2.35. The summed E-state index contributed by atoms with van der Waals surface area (Å²) < 4.78 is 5.30. The van der Waals surface area contributed by atoms with Crippen LogP contribution >= 0.6 is 0 Å². The monoisotopic (exact) mass is 288 g/mol. The van der Waals surface area contributed by atoms with E-state index in [1.54, 1.807) is 7.11 Å². The number of amides is 1. The normalized spacial score (nSPS) is 25.3. The first-order valence-corrected chi connectivity index (χ1v) is 7.84. The SMILES string of the molecule is COc1ccc2c(c1)CCCN2C(=O)C1(C)CCCNC1. The molecule has 1 fully saturated rings. The molecule has 1 amide bonds. The summed E-state index contributed by atoms with van der Waals surface area (Å²) in [5.41, 5.74) is 2.02.